The van der Waals surface area contributed by atoms with Crippen LogP contribution in [0.3, 0.4) is 0 Å². The van der Waals surface area contributed by atoms with Gasteiger partial charge in [0, 0.05) is 6.54 Å². The first-order valence-electron chi connectivity index (χ1n) is 5.96. The van der Waals surface area contributed by atoms with Gasteiger partial charge < -0.3 is 9.47 Å². The van der Waals surface area contributed by atoms with Crippen LogP contribution < -0.4 is 0 Å². The Morgan fingerprint density at radius 3 is 2.25 bits per heavy atom. The predicted octanol–water partition coefficient (Wildman–Crippen LogP) is 0.837. The molecule has 1 amide bonds. The summed E-state index contributed by atoms with van der Waals surface area (Å²) >= 11 is 0. The number of amides is 1. The highest BCUT2D eigenvalue weighted by molar-refractivity contribution is 7.87. The van der Waals surface area contributed by atoms with E-state index in [0.29, 0.717) is 0 Å². The number of halogens is 1. The maximum absolute atomic E-state index is 13.1. The average Bonchev–Trinajstić information content (AvgIpc) is 2.69. The normalized spacial score (nSPS) is 23.6. The maximum atomic E-state index is 13.1. The number of methoxy groups -OCH3 is 1. The van der Waals surface area contributed by atoms with Crippen molar-refractivity contribution in [2.45, 2.75) is 44.1 Å². The molecule has 1 aliphatic heterocycles. The fourth-order valence-corrected chi connectivity index (χ4v) is 2.63. The van der Waals surface area contributed by atoms with E-state index in [-0.39, 0.29) is 6.42 Å². The van der Waals surface area contributed by atoms with Gasteiger partial charge in [-0.25, -0.2) is 9.59 Å². The van der Waals surface area contributed by atoms with Gasteiger partial charge in [0.15, 0.2) is 0 Å². The molecule has 1 saturated heterocycles. The quantitative estimate of drug-likeness (QED) is 0.554. The molecule has 1 unspecified atom stereocenters. The van der Waals surface area contributed by atoms with Crippen LogP contribution in [0.5, 0.6) is 0 Å². The summed E-state index contributed by atoms with van der Waals surface area (Å²) in [5.41, 5.74) is -0.815. The lowest BCUT2D eigenvalue weighted by atomic mass is 10.2. The number of rotatable bonds is 2. The molecule has 1 heterocycles. The fraction of sp³-hybridized carbons (Fsp3) is 0.818. The van der Waals surface area contributed by atoms with Gasteiger partial charge in [-0.05, 0) is 27.2 Å². The molecular formula is C11H18FNO6S. The van der Waals surface area contributed by atoms with Gasteiger partial charge in [0.2, 0.25) is 0 Å². The third kappa shape index (κ3) is 4.06. The van der Waals surface area contributed by atoms with Crippen LogP contribution in [-0.4, -0.2) is 55.9 Å². The summed E-state index contributed by atoms with van der Waals surface area (Å²) in [5.74, 6) is -0.804. The molecule has 0 aliphatic carbocycles. The first-order valence-corrected chi connectivity index (χ1v) is 7.41. The monoisotopic (exact) mass is 311 g/mol. The molecule has 7 nitrogen and oxygen atoms in total. The van der Waals surface area contributed by atoms with Crippen LogP contribution in [0.15, 0.2) is 0 Å². The Morgan fingerprint density at radius 1 is 1.30 bits per heavy atom. The molecule has 0 N–H and O–H groups in total. The zero-order valence-corrected chi connectivity index (χ0v) is 12.6. The second-order valence-electron chi connectivity index (χ2n) is 5.50. The minimum atomic E-state index is -4.84. The second kappa shape index (κ2) is 5.55. The number of esters is 1. The summed E-state index contributed by atoms with van der Waals surface area (Å²) in [4.78, 5) is 24.4. The molecule has 9 heteroatoms. The molecule has 0 radical (unpaired) electrons. The van der Waals surface area contributed by atoms with Crippen molar-refractivity contribution in [3.05, 3.63) is 0 Å². The molecule has 1 rings (SSSR count). The number of nitrogens with zero attached hydrogens (tertiary/aromatic N) is 1. The van der Waals surface area contributed by atoms with Gasteiger partial charge in [-0.15, -0.1) is 3.89 Å². The SMILES string of the molecule is COC(=O)[C@@H]1CC(S(=O)(=O)F)CN1C(=O)OC(C)(C)C. The standard InChI is InChI=1S/C11H18FNO6S/c1-11(2,3)19-10(15)13-6-7(20(12,16)17)5-8(13)9(14)18-4/h7-8H,5-6H2,1-4H3/t7?,8-/m0/s1. The fourth-order valence-electron chi connectivity index (χ4n) is 1.88. The number of hydrogen-bond donors (Lipinski definition) is 0. The Bertz CT molecular complexity index is 498. The lowest BCUT2D eigenvalue weighted by molar-refractivity contribution is -0.145. The smallest absolute Gasteiger partial charge is 0.411 e. The van der Waals surface area contributed by atoms with Crippen LogP contribution in [0.4, 0.5) is 8.68 Å². The minimum absolute atomic E-state index is 0.343. The third-order valence-corrected chi connectivity index (χ3v) is 3.90. The van der Waals surface area contributed by atoms with E-state index in [1.165, 1.54) is 0 Å². The molecule has 0 aromatic heterocycles. The van der Waals surface area contributed by atoms with Crippen molar-refractivity contribution in [2.75, 3.05) is 13.7 Å². The van der Waals surface area contributed by atoms with Gasteiger partial charge in [-0.3, -0.25) is 4.90 Å². The summed E-state index contributed by atoms with van der Waals surface area (Å²) in [6.07, 6.45) is -1.22. The number of carbonyl (C=O) groups excluding carboxylic acids is 2. The maximum Gasteiger partial charge on any atom is 0.411 e. The number of ether oxygens (including phenoxy) is 2. The topological polar surface area (TPSA) is 90.0 Å². The van der Waals surface area contributed by atoms with E-state index in [9.17, 15) is 21.9 Å². The van der Waals surface area contributed by atoms with E-state index in [0.717, 1.165) is 12.0 Å². The van der Waals surface area contributed by atoms with E-state index < -0.39 is 45.7 Å². The molecule has 1 fully saturated rings. The van der Waals surface area contributed by atoms with E-state index >= 15 is 0 Å². The van der Waals surface area contributed by atoms with Crippen LogP contribution in [0, 0.1) is 0 Å². The molecule has 0 bridgehead atoms. The second-order valence-corrected chi connectivity index (χ2v) is 7.12. The predicted molar refractivity (Wildman–Crippen MR) is 67.2 cm³/mol. The van der Waals surface area contributed by atoms with Crippen LogP contribution in [0.25, 0.3) is 0 Å². The molecule has 0 spiro atoms. The van der Waals surface area contributed by atoms with Crippen molar-refractivity contribution in [2.24, 2.45) is 0 Å². The lowest BCUT2D eigenvalue weighted by Gasteiger charge is -2.27. The molecule has 0 aromatic rings. The van der Waals surface area contributed by atoms with E-state index in [1.54, 1.807) is 20.8 Å². The Morgan fingerprint density at radius 2 is 1.85 bits per heavy atom. The van der Waals surface area contributed by atoms with Gasteiger partial charge in [-0.1, -0.05) is 0 Å². The number of carbonyl (C=O) groups is 2. The Balaban J connectivity index is 2.96. The molecule has 0 aromatic carbocycles. The van der Waals surface area contributed by atoms with Gasteiger partial charge in [0.25, 0.3) is 0 Å². The number of likely N-dealkylation sites (tertiary alicyclic amines) is 1. The van der Waals surface area contributed by atoms with E-state index in [1.807, 2.05) is 0 Å². The summed E-state index contributed by atoms with van der Waals surface area (Å²) in [6.45, 7) is 4.43. The van der Waals surface area contributed by atoms with Crippen molar-refractivity contribution >= 4 is 22.3 Å². The molecule has 2 atom stereocenters. The summed E-state index contributed by atoms with van der Waals surface area (Å²) in [5, 5.41) is -1.45. The summed E-state index contributed by atoms with van der Waals surface area (Å²) in [7, 11) is -3.74. The first kappa shape index (κ1) is 16.7. The minimum Gasteiger partial charge on any atom is -0.467 e. The van der Waals surface area contributed by atoms with E-state index in [4.69, 9.17) is 4.74 Å². The third-order valence-electron chi connectivity index (χ3n) is 2.76. The number of hydrogen-bond acceptors (Lipinski definition) is 6. The van der Waals surface area contributed by atoms with Crippen molar-refractivity contribution < 1.29 is 31.4 Å². The largest absolute Gasteiger partial charge is 0.467 e. The van der Waals surface area contributed by atoms with Crippen molar-refractivity contribution in [3.63, 3.8) is 0 Å². The average molecular weight is 311 g/mol. The van der Waals surface area contributed by atoms with Gasteiger partial charge in [0.1, 0.15) is 16.9 Å². The van der Waals surface area contributed by atoms with Crippen LogP contribution in [0.2, 0.25) is 0 Å². The Hall–Kier alpha value is -1.38. The highest BCUT2D eigenvalue weighted by atomic mass is 32.3. The van der Waals surface area contributed by atoms with Gasteiger partial charge in [0.05, 0.1) is 7.11 Å². The highest BCUT2D eigenvalue weighted by Crippen LogP contribution is 2.27. The molecule has 0 saturated carbocycles. The van der Waals surface area contributed by atoms with Gasteiger partial charge >= 0.3 is 22.3 Å². The highest BCUT2D eigenvalue weighted by Gasteiger charge is 2.47. The zero-order valence-electron chi connectivity index (χ0n) is 11.8. The molecule has 20 heavy (non-hydrogen) atoms. The molecule has 116 valence electrons. The van der Waals surface area contributed by atoms with Crippen LogP contribution >= 0.6 is 0 Å². The first-order chi connectivity index (χ1) is 8.95. The van der Waals surface area contributed by atoms with Crippen molar-refractivity contribution in [3.8, 4) is 0 Å². The lowest BCUT2D eigenvalue weighted by Crippen LogP contribution is -2.44. The molecule has 1 aliphatic rings. The zero-order chi connectivity index (χ0) is 15.7. The summed E-state index contributed by atoms with van der Waals surface area (Å²) in [6, 6.07) is -1.16. The van der Waals surface area contributed by atoms with Crippen LogP contribution in [0.1, 0.15) is 27.2 Å². The molecular weight excluding hydrogens is 293 g/mol. The summed E-state index contributed by atoms with van der Waals surface area (Å²) < 4.78 is 44.5. The Labute approximate surface area is 117 Å². The Kier molecular flexibility index (Phi) is 4.62. The van der Waals surface area contributed by atoms with Gasteiger partial charge in [-0.2, -0.15) is 8.42 Å². The van der Waals surface area contributed by atoms with E-state index in [2.05, 4.69) is 4.74 Å². The van der Waals surface area contributed by atoms with Crippen molar-refractivity contribution in [1.82, 2.24) is 4.90 Å². The van der Waals surface area contributed by atoms with Crippen molar-refractivity contribution in [1.29, 1.82) is 0 Å². The van der Waals surface area contributed by atoms with Crippen LogP contribution in [-0.2, 0) is 24.5 Å².